The molecule has 128 valence electrons. The molecule has 0 aromatic rings. The van der Waals surface area contributed by atoms with E-state index in [1.54, 1.807) is 6.92 Å². The van der Waals surface area contributed by atoms with Crippen LogP contribution in [0.25, 0.3) is 0 Å². The molecule has 3 N–H and O–H groups in total. The Morgan fingerprint density at radius 3 is 2.17 bits per heavy atom. The van der Waals surface area contributed by atoms with Crippen LogP contribution in [0.15, 0.2) is 0 Å². The Kier molecular flexibility index (Phi) is 3.67. The lowest BCUT2D eigenvalue weighted by Crippen LogP contribution is -2.67. The molecule has 1 saturated heterocycles. The standard InChI is InChI=1S/C18H28N2O3/c1-8(15-14(9(2)21)18(23)19-15)17(22)20-16-12-4-10-3-11(6-12)7-13(16)5-10/h8-16,21H,3-7H2,1-2H3,(H,19,23)(H,20,22)/t8?,9-,10?,11?,12?,13?,14-,15-,16?/m1/s1. The van der Waals surface area contributed by atoms with Crippen molar-refractivity contribution in [1.29, 1.82) is 0 Å². The fourth-order valence-corrected chi connectivity index (χ4v) is 5.99. The van der Waals surface area contributed by atoms with Crippen molar-refractivity contribution in [3.8, 4) is 0 Å². The van der Waals surface area contributed by atoms with Crippen molar-refractivity contribution < 1.29 is 14.7 Å². The average molecular weight is 320 g/mol. The van der Waals surface area contributed by atoms with Crippen LogP contribution in [0.4, 0.5) is 0 Å². The lowest BCUT2D eigenvalue weighted by atomic mass is 9.54. The molecule has 2 amide bonds. The van der Waals surface area contributed by atoms with E-state index >= 15 is 0 Å². The van der Waals surface area contributed by atoms with Gasteiger partial charge in [0.15, 0.2) is 0 Å². The number of rotatable bonds is 4. The highest BCUT2D eigenvalue weighted by molar-refractivity contribution is 5.90. The van der Waals surface area contributed by atoms with Crippen LogP contribution in [0.1, 0.15) is 46.0 Å². The van der Waals surface area contributed by atoms with Gasteiger partial charge in [0.05, 0.1) is 24.0 Å². The lowest BCUT2D eigenvalue weighted by Gasteiger charge is -2.54. The fraction of sp³-hybridized carbons (Fsp3) is 0.889. The first-order chi connectivity index (χ1) is 10.9. The minimum atomic E-state index is -0.704. The molecule has 4 saturated carbocycles. The molecule has 0 radical (unpaired) electrons. The molecule has 5 fully saturated rings. The summed E-state index contributed by atoms with van der Waals surface area (Å²) in [6, 6.07) is 0.0952. The second kappa shape index (κ2) is 5.47. The summed E-state index contributed by atoms with van der Waals surface area (Å²) in [4.78, 5) is 24.3. The first-order valence-electron chi connectivity index (χ1n) is 9.22. The van der Waals surface area contributed by atoms with Gasteiger partial charge in [-0.15, -0.1) is 0 Å². The molecule has 4 aliphatic carbocycles. The Morgan fingerprint density at radius 2 is 1.70 bits per heavy atom. The van der Waals surface area contributed by atoms with E-state index in [4.69, 9.17) is 0 Å². The quantitative estimate of drug-likeness (QED) is 0.678. The normalized spacial score (nSPS) is 46.7. The van der Waals surface area contributed by atoms with Gasteiger partial charge >= 0.3 is 0 Å². The molecule has 5 nitrogen and oxygen atoms in total. The molecule has 5 heteroatoms. The number of amides is 2. The van der Waals surface area contributed by atoms with Gasteiger partial charge in [0.1, 0.15) is 0 Å². The molecule has 5 rings (SSSR count). The Labute approximate surface area is 137 Å². The molecule has 23 heavy (non-hydrogen) atoms. The molecule has 5 aliphatic rings. The van der Waals surface area contributed by atoms with Crippen LogP contribution in [-0.4, -0.2) is 35.1 Å². The molecule has 0 aromatic carbocycles. The Bertz CT molecular complexity index is 490. The summed E-state index contributed by atoms with van der Waals surface area (Å²) >= 11 is 0. The van der Waals surface area contributed by atoms with Gasteiger partial charge < -0.3 is 15.7 Å². The number of aliphatic hydroxyl groups excluding tert-OH is 1. The summed E-state index contributed by atoms with van der Waals surface area (Å²) in [6.45, 7) is 3.49. The van der Waals surface area contributed by atoms with Gasteiger partial charge in [-0.05, 0) is 62.7 Å². The minimum absolute atomic E-state index is 0.0399. The van der Waals surface area contributed by atoms with Gasteiger partial charge in [-0.2, -0.15) is 0 Å². The van der Waals surface area contributed by atoms with Gasteiger partial charge in [-0.3, -0.25) is 9.59 Å². The summed E-state index contributed by atoms with van der Waals surface area (Å²) in [5, 5.41) is 15.8. The summed E-state index contributed by atoms with van der Waals surface area (Å²) in [5.74, 6) is 2.27. The number of carbonyl (C=O) groups is 2. The highest BCUT2D eigenvalue weighted by Gasteiger charge is 2.51. The zero-order valence-electron chi connectivity index (χ0n) is 14.0. The van der Waals surface area contributed by atoms with Crippen LogP contribution >= 0.6 is 0 Å². The van der Waals surface area contributed by atoms with Crippen LogP contribution in [0.2, 0.25) is 0 Å². The molecular formula is C18H28N2O3. The van der Waals surface area contributed by atoms with Gasteiger partial charge in [0, 0.05) is 6.04 Å². The van der Waals surface area contributed by atoms with Gasteiger partial charge in [0.2, 0.25) is 11.8 Å². The molecule has 1 heterocycles. The summed E-state index contributed by atoms with van der Waals surface area (Å²) in [7, 11) is 0. The van der Waals surface area contributed by atoms with E-state index in [0.717, 1.165) is 11.8 Å². The third-order valence-corrected chi connectivity index (χ3v) is 7.01. The first kappa shape index (κ1) is 15.4. The fourth-order valence-electron chi connectivity index (χ4n) is 5.99. The summed E-state index contributed by atoms with van der Waals surface area (Å²) < 4.78 is 0. The van der Waals surface area contributed by atoms with Crippen molar-refractivity contribution >= 4 is 11.8 Å². The van der Waals surface area contributed by atoms with Crippen molar-refractivity contribution in [3.05, 3.63) is 0 Å². The SMILES string of the molecule is CC(C(=O)NC1C2CC3CC(C2)CC1C3)[C@H]1NC(=O)[C@@H]1[C@@H](C)O. The maximum atomic E-state index is 12.7. The van der Waals surface area contributed by atoms with Gasteiger partial charge in [0.25, 0.3) is 0 Å². The molecule has 4 bridgehead atoms. The van der Waals surface area contributed by atoms with Gasteiger partial charge in [-0.25, -0.2) is 0 Å². The largest absolute Gasteiger partial charge is 0.393 e. The lowest BCUT2D eigenvalue weighted by molar-refractivity contribution is -0.146. The average Bonchev–Trinajstić information content (AvgIpc) is 2.46. The predicted octanol–water partition coefficient (Wildman–Crippen LogP) is 1.06. The van der Waals surface area contributed by atoms with E-state index in [-0.39, 0.29) is 23.8 Å². The van der Waals surface area contributed by atoms with E-state index in [2.05, 4.69) is 10.6 Å². The third kappa shape index (κ3) is 2.48. The number of β-lactam (4-membered cyclic amide) rings is 1. The topological polar surface area (TPSA) is 78.4 Å². The molecule has 1 aliphatic heterocycles. The van der Waals surface area contributed by atoms with Crippen LogP contribution in [-0.2, 0) is 9.59 Å². The number of hydrogen-bond acceptors (Lipinski definition) is 3. The van der Waals surface area contributed by atoms with Crippen LogP contribution in [0, 0.1) is 35.5 Å². The second-order valence-electron chi connectivity index (χ2n) is 8.55. The maximum absolute atomic E-state index is 12.7. The smallest absolute Gasteiger partial charge is 0.228 e. The summed E-state index contributed by atoms with van der Waals surface area (Å²) in [6.07, 6.45) is 5.83. The van der Waals surface area contributed by atoms with Crippen molar-refractivity contribution in [3.63, 3.8) is 0 Å². The highest BCUT2D eigenvalue weighted by atomic mass is 16.3. The van der Waals surface area contributed by atoms with Crippen LogP contribution < -0.4 is 10.6 Å². The molecular weight excluding hydrogens is 292 g/mol. The molecule has 0 spiro atoms. The monoisotopic (exact) mass is 320 g/mol. The number of aliphatic hydroxyl groups is 1. The Hall–Kier alpha value is -1.10. The Morgan fingerprint density at radius 1 is 1.13 bits per heavy atom. The van der Waals surface area contributed by atoms with Crippen molar-refractivity contribution in [2.75, 3.05) is 0 Å². The minimum Gasteiger partial charge on any atom is -0.393 e. The van der Waals surface area contributed by atoms with E-state index < -0.39 is 12.0 Å². The zero-order valence-corrected chi connectivity index (χ0v) is 14.0. The molecule has 1 unspecified atom stereocenters. The number of nitrogens with one attached hydrogen (secondary N) is 2. The zero-order chi connectivity index (χ0) is 16.3. The van der Waals surface area contributed by atoms with Gasteiger partial charge in [-0.1, -0.05) is 6.92 Å². The number of carbonyl (C=O) groups excluding carboxylic acids is 2. The van der Waals surface area contributed by atoms with Crippen LogP contribution in [0.3, 0.4) is 0 Å². The first-order valence-corrected chi connectivity index (χ1v) is 9.22. The van der Waals surface area contributed by atoms with Crippen molar-refractivity contribution in [2.24, 2.45) is 35.5 Å². The van der Waals surface area contributed by atoms with E-state index in [9.17, 15) is 14.7 Å². The van der Waals surface area contributed by atoms with E-state index in [1.807, 2.05) is 6.92 Å². The van der Waals surface area contributed by atoms with Crippen molar-refractivity contribution in [1.82, 2.24) is 10.6 Å². The summed E-state index contributed by atoms with van der Waals surface area (Å²) in [5.41, 5.74) is 0. The third-order valence-electron chi connectivity index (χ3n) is 7.01. The molecule has 0 aromatic heterocycles. The van der Waals surface area contributed by atoms with E-state index in [0.29, 0.717) is 17.9 Å². The maximum Gasteiger partial charge on any atom is 0.228 e. The van der Waals surface area contributed by atoms with Crippen molar-refractivity contribution in [2.45, 2.75) is 64.1 Å². The second-order valence-corrected chi connectivity index (χ2v) is 8.55. The molecule has 4 atom stereocenters. The highest BCUT2D eigenvalue weighted by Crippen LogP contribution is 2.53. The van der Waals surface area contributed by atoms with E-state index in [1.165, 1.54) is 32.1 Å². The predicted molar refractivity (Wildman–Crippen MR) is 85.2 cm³/mol. The van der Waals surface area contributed by atoms with Crippen LogP contribution in [0.5, 0.6) is 0 Å². The Balaban J connectivity index is 1.39. The number of hydrogen-bond donors (Lipinski definition) is 3.